The van der Waals surface area contributed by atoms with Gasteiger partial charge in [-0.15, -0.1) is 0 Å². The zero-order valence-electron chi connectivity index (χ0n) is 10.1. The quantitative estimate of drug-likeness (QED) is 0.370. The number of carbonyl (C=O) groups excluding carboxylic acids is 1. The maximum atomic E-state index is 11.7. The molecule has 0 aromatic carbocycles. The first-order valence-corrected chi connectivity index (χ1v) is 5.72. The topological polar surface area (TPSA) is 121 Å². The van der Waals surface area contributed by atoms with E-state index in [2.05, 4.69) is 15.5 Å². The second-order valence-corrected chi connectivity index (χ2v) is 3.74. The average Bonchev–Trinajstić information content (AvgIpc) is 2.73. The monoisotopic (exact) mass is 256 g/mol. The Labute approximate surface area is 104 Å². The lowest BCUT2D eigenvalue weighted by atomic mass is 10.2. The average molecular weight is 256 g/mol. The molecule has 100 valence electrons. The van der Waals surface area contributed by atoms with Crippen LogP contribution < -0.4 is 5.32 Å². The van der Waals surface area contributed by atoms with E-state index in [1.807, 2.05) is 6.92 Å². The number of aryl methyl sites for hydroxylation is 1. The zero-order chi connectivity index (χ0) is 13.5. The third kappa shape index (κ3) is 3.27. The predicted octanol–water partition coefficient (Wildman–Crippen LogP) is 0.383. The third-order valence-electron chi connectivity index (χ3n) is 2.33. The summed E-state index contributed by atoms with van der Waals surface area (Å²) in [4.78, 5) is 22.0. The SMILES string of the molecule is CCCc1[nH]nc(C(=O)NCCCO)c1[N+](=O)[O-]. The molecular formula is C10H16N4O4. The van der Waals surface area contributed by atoms with Gasteiger partial charge in [0.1, 0.15) is 5.69 Å². The number of H-pyrrole nitrogens is 1. The number of rotatable bonds is 7. The lowest BCUT2D eigenvalue weighted by Crippen LogP contribution is -2.26. The Balaban J connectivity index is 2.87. The van der Waals surface area contributed by atoms with Crippen molar-refractivity contribution in [3.8, 4) is 0 Å². The highest BCUT2D eigenvalue weighted by Crippen LogP contribution is 2.22. The molecule has 1 amide bonds. The molecule has 0 atom stereocenters. The minimum atomic E-state index is -0.603. The van der Waals surface area contributed by atoms with Gasteiger partial charge in [-0.1, -0.05) is 13.3 Å². The summed E-state index contributed by atoms with van der Waals surface area (Å²) in [5.41, 5.74) is -0.116. The Morgan fingerprint density at radius 3 is 2.89 bits per heavy atom. The van der Waals surface area contributed by atoms with Crippen LogP contribution in [0.3, 0.4) is 0 Å². The van der Waals surface area contributed by atoms with Gasteiger partial charge >= 0.3 is 5.69 Å². The number of amides is 1. The maximum absolute atomic E-state index is 11.7. The molecule has 0 aliphatic heterocycles. The van der Waals surface area contributed by atoms with Crippen molar-refractivity contribution in [1.29, 1.82) is 0 Å². The standard InChI is InChI=1S/C10H16N4O4/c1-2-4-7-9(14(17)18)8(13-12-7)10(16)11-5-3-6-15/h15H,2-6H2,1H3,(H,11,16)(H,12,13). The zero-order valence-corrected chi connectivity index (χ0v) is 10.1. The second-order valence-electron chi connectivity index (χ2n) is 3.74. The summed E-state index contributed by atoms with van der Waals surface area (Å²) in [5.74, 6) is -0.603. The van der Waals surface area contributed by atoms with Gasteiger partial charge in [0, 0.05) is 13.2 Å². The summed E-state index contributed by atoms with van der Waals surface area (Å²) in [6.45, 7) is 2.08. The van der Waals surface area contributed by atoms with Crippen LogP contribution in [-0.2, 0) is 6.42 Å². The number of aliphatic hydroxyl groups excluding tert-OH is 1. The van der Waals surface area contributed by atoms with Crippen LogP contribution in [0, 0.1) is 10.1 Å². The van der Waals surface area contributed by atoms with Crippen molar-refractivity contribution >= 4 is 11.6 Å². The lowest BCUT2D eigenvalue weighted by molar-refractivity contribution is -0.385. The van der Waals surface area contributed by atoms with Crippen LogP contribution >= 0.6 is 0 Å². The maximum Gasteiger partial charge on any atom is 0.322 e. The molecule has 8 nitrogen and oxygen atoms in total. The Bertz CT molecular complexity index is 430. The Morgan fingerprint density at radius 1 is 1.61 bits per heavy atom. The van der Waals surface area contributed by atoms with Gasteiger partial charge in [-0.25, -0.2) is 0 Å². The molecule has 0 fully saturated rings. The predicted molar refractivity (Wildman–Crippen MR) is 63.3 cm³/mol. The van der Waals surface area contributed by atoms with E-state index in [0.29, 0.717) is 25.0 Å². The van der Waals surface area contributed by atoms with Crippen LogP contribution in [0.1, 0.15) is 35.9 Å². The lowest BCUT2D eigenvalue weighted by Gasteiger charge is -2.00. The summed E-state index contributed by atoms with van der Waals surface area (Å²) >= 11 is 0. The fraction of sp³-hybridized carbons (Fsp3) is 0.600. The molecule has 0 aliphatic rings. The Kier molecular flexibility index (Phi) is 5.25. The van der Waals surface area contributed by atoms with Crippen molar-refractivity contribution in [2.75, 3.05) is 13.2 Å². The molecule has 0 saturated heterocycles. The van der Waals surface area contributed by atoms with Crippen LogP contribution in [0.15, 0.2) is 0 Å². The molecule has 1 rings (SSSR count). The number of hydrogen-bond donors (Lipinski definition) is 3. The van der Waals surface area contributed by atoms with Gasteiger partial charge in [0.2, 0.25) is 5.69 Å². The van der Waals surface area contributed by atoms with E-state index in [0.717, 1.165) is 0 Å². The van der Waals surface area contributed by atoms with E-state index in [-0.39, 0.29) is 24.5 Å². The number of carbonyl (C=O) groups is 1. The van der Waals surface area contributed by atoms with Gasteiger partial charge in [0.05, 0.1) is 4.92 Å². The molecule has 0 bridgehead atoms. The van der Waals surface area contributed by atoms with Crippen molar-refractivity contribution in [2.24, 2.45) is 0 Å². The van der Waals surface area contributed by atoms with Gasteiger partial charge < -0.3 is 10.4 Å². The highest BCUT2D eigenvalue weighted by molar-refractivity contribution is 5.96. The summed E-state index contributed by atoms with van der Waals surface area (Å²) in [7, 11) is 0. The van der Waals surface area contributed by atoms with E-state index in [9.17, 15) is 14.9 Å². The normalized spacial score (nSPS) is 10.3. The van der Waals surface area contributed by atoms with Crippen LogP contribution in [0.2, 0.25) is 0 Å². The fourth-order valence-electron chi connectivity index (χ4n) is 1.52. The molecule has 0 aliphatic carbocycles. The van der Waals surface area contributed by atoms with Crippen molar-refractivity contribution < 1.29 is 14.8 Å². The molecule has 0 unspecified atom stereocenters. The first kappa shape index (κ1) is 14.1. The van der Waals surface area contributed by atoms with Crippen molar-refractivity contribution in [3.05, 3.63) is 21.5 Å². The van der Waals surface area contributed by atoms with E-state index >= 15 is 0 Å². The summed E-state index contributed by atoms with van der Waals surface area (Å²) in [5, 5.41) is 28.2. The molecule has 3 N–H and O–H groups in total. The molecular weight excluding hydrogens is 240 g/mol. The highest BCUT2D eigenvalue weighted by atomic mass is 16.6. The Hall–Kier alpha value is -1.96. The van der Waals surface area contributed by atoms with Crippen LogP contribution in [0.5, 0.6) is 0 Å². The molecule has 1 heterocycles. The number of nitrogens with one attached hydrogen (secondary N) is 2. The highest BCUT2D eigenvalue weighted by Gasteiger charge is 2.28. The summed E-state index contributed by atoms with van der Waals surface area (Å²) in [6.07, 6.45) is 1.58. The van der Waals surface area contributed by atoms with Gasteiger partial charge in [-0.3, -0.25) is 20.0 Å². The number of aromatic nitrogens is 2. The first-order valence-electron chi connectivity index (χ1n) is 5.72. The first-order chi connectivity index (χ1) is 8.61. The van der Waals surface area contributed by atoms with E-state index in [4.69, 9.17) is 5.11 Å². The minimum Gasteiger partial charge on any atom is -0.396 e. The van der Waals surface area contributed by atoms with Gasteiger partial charge in [0.15, 0.2) is 0 Å². The molecule has 8 heteroatoms. The fourth-order valence-corrected chi connectivity index (χ4v) is 1.52. The molecule has 1 aromatic rings. The number of hydrogen-bond acceptors (Lipinski definition) is 5. The van der Waals surface area contributed by atoms with E-state index in [1.54, 1.807) is 0 Å². The Morgan fingerprint density at radius 2 is 2.33 bits per heavy atom. The molecule has 1 aromatic heterocycles. The number of nitrogens with zero attached hydrogens (tertiary/aromatic N) is 2. The minimum absolute atomic E-state index is 0.0516. The van der Waals surface area contributed by atoms with Crippen LogP contribution in [-0.4, -0.2) is 39.3 Å². The van der Waals surface area contributed by atoms with E-state index in [1.165, 1.54) is 0 Å². The molecule has 0 radical (unpaired) electrons. The van der Waals surface area contributed by atoms with Crippen molar-refractivity contribution in [1.82, 2.24) is 15.5 Å². The third-order valence-corrected chi connectivity index (χ3v) is 2.33. The van der Waals surface area contributed by atoms with Crippen LogP contribution in [0.4, 0.5) is 5.69 Å². The number of aromatic amines is 1. The van der Waals surface area contributed by atoms with Crippen LogP contribution in [0.25, 0.3) is 0 Å². The number of aliphatic hydroxyl groups is 1. The van der Waals surface area contributed by atoms with E-state index < -0.39 is 10.8 Å². The van der Waals surface area contributed by atoms with Gasteiger partial charge in [0.25, 0.3) is 5.91 Å². The smallest absolute Gasteiger partial charge is 0.322 e. The van der Waals surface area contributed by atoms with Gasteiger partial charge in [-0.05, 0) is 12.8 Å². The molecule has 0 saturated carbocycles. The van der Waals surface area contributed by atoms with Gasteiger partial charge in [-0.2, -0.15) is 5.10 Å². The molecule has 18 heavy (non-hydrogen) atoms. The number of nitro groups is 1. The summed E-state index contributed by atoms with van der Waals surface area (Å²) < 4.78 is 0. The van der Waals surface area contributed by atoms with Crippen molar-refractivity contribution in [2.45, 2.75) is 26.2 Å². The second kappa shape index (κ2) is 6.70. The summed E-state index contributed by atoms with van der Waals surface area (Å²) in [6, 6.07) is 0. The van der Waals surface area contributed by atoms with Crippen molar-refractivity contribution in [3.63, 3.8) is 0 Å². The largest absolute Gasteiger partial charge is 0.396 e. The molecule has 0 spiro atoms.